The van der Waals surface area contributed by atoms with E-state index in [2.05, 4.69) is 20.7 Å². The maximum atomic E-state index is 12.4. The number of amides is 3. The summed E-state index contributed by atoms with van der Waals surface area (Å²) < 4.78 is 26.9. The Balaban J connectivity index is 2.06. The van der Waals surface area contributed by atoms with Crippen molar-refractivity contribution >= 4 is 44.7 Å². The summed E-state index contributed by atoms with van der Waals surface area (Å²) in [5, 5.41) is 9.62. The van der Waals surface area contributed by atoms with Gasteiger partial charge in [0.15, 0.2) is 0 Å². The molecule has 1 aromatic carbocycles. The Morgan fingerprint density at radius 2 is 1.59 bits per heavy atom. The van der Waals surface area contributed by atoms with Crippen LogP contribution in [0.5, 0.6) is 0 Å². The van der Waals surface area contributed by atoms with E-state index in [4.69, 9.17) is 0 Å². The minimum Gasteiger partial charge on any atom is -0.336 e. The molecule has 0 radical (unpaired) electrons. The van der Waals surface area contributed by atoms with E-state index >= 15 is 0 Å². The van der Waals surface area contributed by atoms with Gasteiger partial charge in [0.05, 0.1) is 17.4 Å². The van der Waals surface area contributed by atoms with E-state index in [-0.39, 0.29) is 10.3 Å². The number of thiophene rings is 1. The normalized spacial score (nSPS) is 12.4. The minimum absolute atomic E-state index is 0.0431. The van der Waals surface area contributed by atoms with Gasteiger partial charge in [-0.25, -0.2) is 13.2 Å². The lowest BCUT2D eigenvalue weighted by Crippen LogP contribution is -2.41. The zero-order chi connectivity index (χ0) is 20.0. The van der Waals surface area contributed by atoms with Crippen LogP contribution >= 0.6 is 11.3 Å². The molecule has 4 N–H and O–H groups in total. The molecular weight excluding hydrogens is 388 g/mol. The lowest BCUT2D eigenvalue weighted by atomic mass is 10.2. The van der Waals surface area contributed by atoms with Crippen LogP contribution < -0.4 is 20.7 Å². The van der Waals surface area contributed by atoms with Gasteiger partial charge in [-0.15, -0.1) is 11.3 Å². The Kier molecular flexibility index (Phi) is 6.94. The van der Waals surface area contributed by atoms with Gasteiger partial charge in [0.2, 0.25) is 5.91 Å². The quantitative estimate of drug-likeness (QED) is 0.561. The van der Waals surface area contributed by atoms with Crippen molar-refractivity contribution in [2.75, 3.05) is 10.6 Å². The molecule has 146 valence electrons. The molecule has 0 aliphatic rings. The summed E-state index contributed by atoms with van der Waals surface area (Å²) in [6.07, 6.45) is 0. The molecule has 1 atom stereocenters. The molecule has 1 unspecified atom stereocenters. The number of anilines is 2. The fraction of sp³-hybridized carbons (Fsp3) is 0.294. The van der Waals surface area contributed by atoms with Crippen LogP contribution in [0.3, 0.4) is 0 Å². The van der Waals surface area contributed by atoms with Gasteiger partial charge >= 0.3 is 6.03 Å². The molecule has 2 aromatic rings. The smallest absolute Gasteiger partial charge is 0.319 e. The first-order valence-corrected chi connectivity index (χ1v) is 10.6. The number of rotatable bonds is 7. The monoisotopic (exact) mass is 410 g/mol. The first kappa shape index (κ1) is 20.9. The predicted molar refractivity (Wildman–Crippen MR) is 106 cm³/mol. The van der Waals surface area contributed by atoms with Crippen LogP contribution in [0.1, 0.15) is 20.8 Å². The van der Waals surface area contributed by atoms with Gasteiger partial charge in [0.1, 0.15) is 4.21 Å². The van der Waals surface area contributed by atoms with Gasteiger partial charge in [0.25, 0.3) is 10.0 Å². The van der Waals surface area contributed by atoms with Crippen LogP contribution in [0.15, 0.2) is 46.0 Å². The van der Waals surface area contributed by atoms with Crippen molar-refractivity contribution in [1.29, 1.82) is 0 Å². The van der Waals surface area contributed by atoms with E-state index in [1.54, 1.807) is 35.7 Å². The van der Waals surface area contributed by atoms with Gasteiger partial charge in [-0.1, -0.05) is 18.2 Å². The molecule has 10 heteroatoms. The molecular formula is C17H22N4O4S2. The summed E-state index contributed by atoms with van der Waals surface area (Å²) >= 11 is 1.06. The third-order valence-corrected chi connectivity index (χ3v) is 6.28. The average Bonchev–Trinajstić information content (AvgIpc) is 3.11. The van der Waals surface area contributed by atoms with Crippen LogP contribution in [0, 0.1) is 0 Å². The van der Waals surface area contributed by atoms with Crippen molar-refractivity contribution in [3.63, 3.8) is 0 Å². The summed E-state index contributed by atoms with van der Waals surface area (Å²) in [7, 11) is -3.77. The van der Waals surface area contributed by atoms with E-state index in [1.165, 1.54) is 13.0 Å². The highest BCUT2D eigenvalue weighted by atomic mass is 32.2. The number of nitrogens with one attached hydrogen (secondary N) is 4. The third kappa shape index (κ3) is 6.05. The number of carbonyl (C=O) groups excluding carboxylic acids is 2. The molecule has 0 fully saturated rings. The molecule has 3 amide bonds. The van der Waals surface area contributed by atoms with Crippen LogP contribution in [0.25, 0.3) is 0 Å². The van der Waals surface area contributed by atoms with Crippen LogP contribution in [0.4, 0.5) is 16.2 Å². The highest BCUT2D eigenvalue weighted by molar-refractivity contribution is 7.91. The number of carbonyl (C=O) groups is 2. The SMILES string of the molecule is CC(C)NC(=O)Nc1ccccc1NC(=O)C(C)NS(=O)(=O)c1cccs1. The lowest BCUT2D eigenvalue weighted by Gasteiger charge is -2.17. The van der Waals surface area contributed by atoms with Crippen molar-refractivity contribution in [2.45, 2.75) is 37.1 Å². The molecule has 0 aliphatic carbocycles. The van der Waals surface area contributed by atoms with Crippen molar-refractivity contribution < 1.29 is 18.0 Å². The Morgan fingerprint density at radius 3 is 2.15 bits per heavy atom. The maximum Gasteiger partial charge on any atom is 0.319 e. The summed E-state index contributed by atoms with van der Waals surface area (Å²) in [6, 6.07) is 8.29. The van der Waals surface area contributed by atoms with E-state index in [9.17, 15) is 18.0 Å². The van der Waals surface area contributed by atoms with E-state index < -0.39 is 28.0 Å². The van der Waals surface area contributed by atoms with Gasteiger partial charge < -0.3 is 16.0 Å². The van der Waals surface area contributed by atoms with Gasteiger partial charge in [-0.05, 0) is 44.4 Å². The summed E-state index contributed by atoms with van der Waals surface area (Å²) in [5.41, 5.74) is 0.765. The van der Waals surface area contributed by atoms with E-state index in [0.717, 1.165) is 11.3 Å². The van der Waals surface area contributed by atoms with Gasteiger partial charge in [-0.2, -0.15) is 4.72 Å². The fourth-order valence-corrected chi connectivity index (χ4v) is 4.34. The number of hydrogen-bond donors (Lipinski definition) is 4. The molecule has 0 saturated heterocycles. The molecule has 0 spiro atoms. The number of hydrogen-bond acceptors (Lipinski definition) is 5. The molecule has 0 bridgehead atoms. The Bertz CT molecular complexity index is 895. The average molecular weight is 411 g/mol. The molecule has 2 rings (SSSR count). The lowest BCUT2D eigenvalue weighted by molar-refractivity contribution is -0.117. The summed E-state index contributed by atoms with van der Waals surface area (Å²) in [4.78, 5) is 24.3. The Labute approximate surface area is 162 Å². The second kappa shape index (κ2) is 8.98. The second-order valence-corrected chi connectivity index (χ2v) is 8.95. The largest absolute Gasteiger partial charge is 0.336 e. The Hall–Kier alpha value is -2.43. The first-order chi connectivity index (χ1) is 12.7. The molecule has 1 aromatic heterocycles. The van der Waals surface area contributed by atoms with Crippen LogP contribution in [-0.2, 0) is 14.8 Å². The zero-order valence-electron chi connectivity index (χ0n) is 15.1. The molecule has 27 heavy (non-hydrogen) atoms. The van der Waals surface area contributed by atoms with Crippen LogP contribution in [-0.4, -0.2) is 32.4 Å². The number of sulfonamides is 1. The number of benzene rings is 1. The molecule has 1 heterocycles. The summed E-state index contributed by atoms with van der Waals surface area (Å²) in [6.45, 7) is 5.10. The van der Waals surface area contributed by atoms with Gasteiger partial charge in [0, 0.05) is 6.04 Å². The fourth-order valence-electron chi connectivity index (χ4n) is 2.12. The minimum atomic E-state index is -3.77. The standard InChI is InChI=1S/C17H22N4O4S2/c1-11(2)18-17(23)20-14-8-5-4-7-13(14)19-16(22)12(3)21-27(24,25)15-9-6-10-26-15/h4-12,21H,1-3H3,(H,19,22)(H2,18,20,23). The topological polar surface area (TPSA) is 116 Å². The van der Waals surface area contributed by atoms with Gasteiger partial charge in [-0.3, -0.25) is 4.79 Å². The van der Waals surface area contributed by atoms with Crippen molar-refractivity contribution in [1.82, 2.24) is 10.0 Å². The maximum absolute atomic E-state index is 12.4. The van der Waals surface area contributed by atoms with Crippen molar-refractivity contribution in [2.24, 2.45) is 0 Å². The molecule has 0 saturated carbocycles. The molecule has 0 aliphatic heterocycles. The Morgan fingerprint density at radius 1 is 0.963 bits per heavy atom. The number of urea groups is 1. The number of para-hydroxylation sites is 2. The van der Waals surface area contributed by atoms with E-state index in [0.29, 0.717) is 11.4 Å². The first-order valence-electron chi connectivity index (χ1n) is 8.22. The van der Waals surface area contributed by atoms with Crippen molar-refractivity contribution in [3.8, 4) is 0 Å². The second-order valence-electron chi connectivity index (χ2n) is 6.06. The van der Waals surface area contributed by atoms with E-state index in [1.807, 2.05) is 13.8 Å². The third-order valence-electron chi connectivity index (χ3n) is 3.34. The zero-order valence-corrected chi connectivity index (χ0v) is 16.8. The van der Waals surface area contributed by atoms with Crippen LogP contribution in [0.2, 0.25) is 0 Å². The summed E-state index contributed by atoms with van der Waals surface area (Å²) in [5.74, 6) is -0.548. The van der Waals surface area contributed by atoms with Crippen molar-refractivity contribution in [3.05, 3.63) is 41.8 Å². The predicted octanol–water partition coefficient (Wildman–Crippen LogP) is 2.58. The molecule has 8 nitrogen and oxygen atoms in total. The highest BCUT2D eigenvalue weighted by Gasteiger charge is 2.23. The highest BCUT2D eigenvalue weighted by Crippen LogP contribution is 2.21.